The van der Waals surface area contributed by atoms with E-state index in [-0.39, 0.29) is 16.5 Å². The summed E-state index contributed by atoms with van der Waals surface area (Å²) in [5, 5.41) is 11.6. The summed E-state index contributed by atoms with van der Waals surface area (Å²) in [5.41, 5.74) is 0.470. The van der Waals surface area contributed by atoms with Gasteiger partial charge in [0.1, 0.15) is 6.10 Å². The first-order valence-corrected chi connectivity index (χ1v) is 5.91. The molecule has 18 heavy (non-hydrogen) atoms. The number of hydrogen-bond donors (Lipinski definition) is 2. The van der Waals surface area contributed by atoms with Gasteiger partial charge in [-0.2, -0.15) is 0 Å². The quantitative estimate of drug-likeness (QED) is 0.882. The Morgan fingerprint density at radius 1 is 1.44 bits per heavy atom. The maximum absolute atomic E-state index is 11.8. The monoisotopic (exact) mass is 269 g/mol. The van der Waals surface area contributed by atoms with Gasteiger partial charge >= 0.3 is 5.97 Å². The summed E-state index contributed by atoms with van der Waals surface area (Å²) < 4.78 is 5.24. The smallest absolute Gasteiger partial charge is 0.335 e. The molecule has 0 aliphatic carbocycles. The highest BCUT2D eigenvalue weighted by atomic mass is 35.5. The van der Waals surface area contributed by atoms with Crippen molar-refractivity contribution in [3.63, 3.8) is 0 Å². The number of amides is 1. The number of carbonyl (C=O) groups excluding carboxylic acids is 1. The fourth-order valence-electron chi connectivity index (χ4n) is 1.75. The molecule has 96 valence electrons. The zero-order chi connectivity index (χ0) is 13.1. The summed E-state index contributed by atoms with van der Waals surface area (Å²) in [6.45, 7) is 0.587. The minimum absolute atomic E-state index is 0.0788. The SMILES string of the molecule is O=C(O)c1ccc(NC(=O)C2CCCO2)c(Cl)c1. The van der Waals surface area contributed by atoms with Crippen molar-refractivity contribution in [2.45, 2.75) is 18.9 Å². The van der Waals surface area contributed by atoms with Crippen LogP contribution in [0.2, 0.25) is 5.02 Å². The number of nitrogens with one attached hydrogen (secondary N) is 1. The van der Waals surface area contributed by atoms with Crippen LogP contribution in [0.15, 0.2) is 18.2 Å². The van der Waals surface area contributed by atoms with E-state index in [4.69, 9.17) is 21.4 Å². The van der Waals surface area contributed by atoms with Crippen LogP contribution in [-0.2, 0) is 9.53 Å². The van der Waals surface area contributed by atoms with Gasteiger partial charge < -0.3 is 15.2 Å². The number of hydrogen-bond acceptors (Lipinski definition) is 3. The lowest BCUT2D eigenvalue weighted by atomic mass is 10.2. The molecule has 0 spiro atoms. The molecule has 5 nitrogen and oxygen atoms in total. The van der Waals surface area contributed by atoms with E-state index in [0.717, 1.165) is 6.42 Å². The molecule has 1 unspecified atom stereocenters. The Kier molecular flexibility index (Phi) is 3.84. The van der Waals surface area contributed by atoms with E-state index in [1.165, 1.54) is 18.2 Å². The van der Waals surface area contributed by atoms with E-state index in [1.54, 1.807) is 0 Å². The number of rotatable bonds is 3. The summed E-state index contributed by atoms with van der Waals surface area (Å²) in [4.78, 5) is 22.5. The third kappa shape index (κ3) is 2.80. The lowest BCUT2D eigenvalue weighted by Gasteiger charge is -2.11. The van der Waals surface area contributed by atoms with Crippen molar-refractivity contribution >= 4 is 29.2 Å². The lowest BCUT2D eigenvalue weighted by molar-refractivity contribution is -0.124. The Hall–Kier alpha value is -1.59. The van der Waals surface area contributed by atoms with Gasteiger partial charge in [-0.15, -0.1) is 0 Å². The minimum atomic E-state index is -1.06. The van der Waals surface area contributed by atoms with Crippen molar-refractivity contribution < 1.29 is 19.4 Å². The van der Waals surface area contributed by atoms with Crippen LogP contribution in [0.1, 0.15) is 23.2 Å². The maximum Gasteiger partial charge on any atom is 0.335 e. The van der Waals surface area contributed by atoms with Crippen LogP contribution in [0.5, 0.6) is 0 Å². The van der Waals surface area contributed by atoms with Gasteiger partial charge in [0.2, 0.25) is 0 Å². The molecule has 2 rings (SSSR count). The van der Waals surface area contributed by atoms with Crippen LogP contribution in [0, 0.1) is 0 Å². The highest BCUT2D eigenvalue weighted by Crippen LogP contribution is 2.24. The van der Waals surface area contributed by atoms with Gasteiger partial charge in [-0.1, -0.05) is 11.6 Å². The van der Waals surface area contributed by atoms with Gasteiger partial charge in [-0.3, -0.25) is 4.79 Å². The Labute approximate surface area is 109 Å². The predicted molar refractivity (Wildman–Crippen MR) is 66.0 cm³/mol. The van der Waals surface area contributed by atoms with Crippen molar-refractivity contribution in [2.75, 3.05) is 11.9 Å². The highest BCUT2D eigenvalue weighted by molar-refractivity contribution is 6.34. The normalized spacial score (nSPS) is 18.6. The Morgan fingerprint density at radius 3 is 2.78 bits per heavy atom. The molecule has 0 radical (unpaired) electrons. The number of carboxylic acids is 1. The molecule has 1 heterocycles. The van der Waals surface area contributed by atoms with Crippen LogP contribution in [0.3, 0.4) is 0 Å². The van der Waals surface area contributed by atoms with Crippen molar-refractivity contribution in [3.05, 3.63) is 28.8 Å². The average Bonchev–Trinajstić information content (AvgIpc) is 2.85. The first-order valence-electron chi connectivity index (χ1n) is 5.53. The third-order valence-corrected chi connectivity index (χ3v) is 3.01. The van der Waals surface area contributed by atoms with E-state index < -0.39 is 12.1 Å². The van der Waals surface area contributed by atoms with Gasteiger partial charge in [0, 0.05) is 6.61 Å². The molecular weight excluding hydrogens is 258 g/mol. The van der Waals surface area contributed by atoms with E-state index >= 15 is 0 Å². The minimum Gasteiger partial charge on any atom is -0.478 e. The summed E-state index contributed by atoms with van der Waals surface area (Å²) >= 11 is 5.91. The molecule has 1 atom stereocenters. The van der Waals surface area contributed by atoms with Gasteiger partial charge in [-0.25, -0.2) is 4.79 Å². The molecule has 1 fully saturated rings. The summed E-state index contributed by atoms with van der Waals surface area (Å²) in [7, 11) is 0. The number of anilines is 1. The number of carboxylic acid groups (broad SMARTS) is 1. The maximum atomic E-state index is 11.8. The second-order valence-electron chi connectivity index (χ2n) is 3.99. The van der Waals surface area contributed by atoms with Gasteiger partial charge in [0.25, 0.3) is 5.91 Å². The fraction of sp³-hybridized carbons (Fsp3) is 0.333. The fourth-order valence-corrected chi connectivity index (χ4v) is 1.97. The number of ether oxygens (including phenoxy) is 1. The zero-order valence-electron chi connectivity index (χ0n) is 9.48. The van der Waals surface area contributed by atoms with Crippen LogP contribution < -0.4 is 5.32 Å². The first-order chi connectivity index (χ1) is 8.58. The van der Waals surface area contributed by atoms with Crippen molar-refractivity contribution in [1.29, 1.82) is 0 Å². The number of benzene rings is 1. The van der Waals surface area contributed by atoms with Gasteiger partial charge in [0.05, 0.1) is 16.3 Å². The zero-order valence-corrected chi connectivity index (χ0v) is 10.2. The van der Waals surface area contributed by atoms with Crippen LogP contribution in [-0.4, -0.2) is 29.7 Å². The molecule has 0 saturated carbocycles. The standard InChI is InChI=1S/C12H12ClNO4/c13-8-6-7(12(16)17)3-4-9(8)14-11(15)10-2-1-5-18-10/h3-4,6,10H,1-2,5H2,(H,14,15)(H,16,17). The first kappa shape index (κ1) is 12.9. The number of carbonyl (C=O) groups is 2. The largest absolute Gasteiger partial charge is 0.478 e. The van der Waals surface area contributed by atoms with E-state index in [2.05, 4.69) is 5.32 Å². The summed E-state index contributed by atoms with van der Waals surface area (Å²) in [6.07, 6.45) is 1.11. The van der Waals surface area contributed by atoms with Crippen LogP contribution >= 0.6 is 11.6 Å². The third-order valence-electron chi connectivity index (χ3n) is 2.70. The Bertz CT molecular complexity index is 483. The second-order valence-corrected chi connectivity index (χ2v) is 4.40. The van der Waals surface area contributed by atoms with Crippen molar-refractivity contribution in [2.24, 2.45) is 0 Å². The molecule has 2 N–H and O–H groups in total. The number of aromatic carboxylic acids is 1. The molecule has 1 aromatic rings. The average molecular weight is 270 g/mol. The molecule has 6 heteroatoms. The Balaban J connectivity index is 2.09. The van der Waals surface area contributed by atoms with Gasteiger partial charge in [0.15, 0.2) is 0 Å². The van der Waals surface area contributed by atoms with E-state index in [1.807, 2.05) is 0 Å². The lowest BCUT2D eigenvalue weighted by Crippen LogP contribution is -2.27. The molecule has 0 aromatic heterocycles. The molecule has 1 aliphatic heterocycles. The molecule has 1 amide bonds. The van der Waals surface area contributed by atoms with Crippen LogP contribution in [0.4, 0.5) is 5.69 Å². The van der Waals surface area contributed by atoms with Crippen molar-refractivity contribution in [1.82, 2.24) is 0 Å². The molecule has 0 bridgehead atoms. The van der Waals surface area contributed by atoms with E-state index in [0.29, 0.717) is 18.7 Å². The Morgan fingerprint density at radius 2 is 2.22 bits per heavy atom. The molecule has 1 aromatic carbocycles. The van der Waals surface area contributed by atoms with Crippen molar-refractivity contribution in [3.8, 4) is 0 Å². The second kappa shape index (κ2) is 5.37. The number of halogens is 1. The van der Waals surface area contributed by atoms with Gasteiger partial charge in [-0.05, 0) is 31.0 Å². The summed E-state index contributed by atoms with van der Waals surface area (Å²) in [6, 6.07) is 4.16. The van der Waals surface area contributed by atoms with E-state index in [9.17, 15) is 9.59 Å². The predicted octanol–water partition coefficient (Wildman–Crippen LogP) is 2.16. The topological polar surface area (TPSA) is 75.6 Å². The molecule has 1 saturated heterocycles. The summed E-state index contributed by atoms with van der Waals surface area (Å²) in [5.74, 6) is -1.31. The molecular formula is C12H12ClNO4. The van der Waals surface area contributed by atoms with Crippen LogP contribution in [0.25, 0.3) is 0 Å². The molecule has 1 aliphatic rings. The highest BCUT2D eigenvalue weighted by Gasteiger charge is 2.24.